The number of halogens is 1. The first-order chi connectivity index (χ1) is 11.1. The van der Waals surface area contributed by atoms with Gasteiger partial charge in [-0.15, -0.1) is 0 Å². The molecular weight excluding hydrogens is 312 g/mol. The van der Waals surface area contributed by atoms with Gasteiger partial charge in [-0.3, -0.25) is 9.59 Å². The van der Waals surface area contributed by atoms with Crippen molar-refractivity contribution in [2.24, 2.45) is 0 Å². The average Bonchev–Trinajstić information content (AvgIpc) is 2.83. The fourth-order valence-electron chi connectivity index (χ4n) is 2.77. The van der Waals surface area contributed by atoms with Gasteiger partial charge in [-0.2, -0.15) is 0 Å². The molecule has 0 saturated carbocycles. The van der Waals surface area contributed by atoms with E-state index in [0.29, 0.717) is 18.0 Å². The van der Waals surface area contributed by atoms with Crippen molar-refractivity contribution in [3.05, 3.63) is 64.7 Å². The van der Waals surface area contributed by atoms with E-state index in [1.807, 2.05) is 48.5 Å². The van der Waals surface area contributed by atoms with Gasteiger partial charge in [-0.05, 0) is 35.7 Å². The summed E-state index contributed by atoms with van der Waals surface area (Å²) < 4.78 is 0. The Hall–Kier alpha value is -2.33. The molecule has 0 saturated heterocycles. The zero-order valence-corrected chi connectivity index (χ0v) is 13.3. The first-order valence-electron chi connectivity index (χ1n) is 7.54. The summed E-state index contributed by atoms with van der Waals surface area (Å²) in [4.78, 5) is 24.1. The van der Waals surface area contributed by atoms with Crippen molar-refractivity contribution < 1.29 is 9.59 Å². The average molecular weight is 329 g/mol. The van der Waals surface area contributed by atoms with E-state index in [0.717, 1.165) is 16.8 Å². The molecule has 0 bridgehead atoms. The molecule has 2 aromatic carbocycles. The molecule has 2 amide bonds. The topological polar surface area (TPSA) is 58.2 Å². The summed E-state index contributed by atoms with van der Waals surface area (Å²) in [7, 11) is 0. The molecule has 0 aliphatic carbocycles. The smallest absolute Gasteiger partial charge is 0.232 e. The Morgan fingerprint density at radius 1 is 1.17 bits per heavy atom. The molecule has 3 rings (SSSR count). The first kappa shape index (κ1) is 15.6. The van der Waals surface area contributed by atoms with Crippen molar-refractivity contribution in [2.45, 2.75) is 18.8 Å². The molecule has 1 atom stereocenters. The number of hydrogen-bond acceptors (Lipinski definition) is 2. The Bertz CT molecular complexity index is 745. The minimum Gasteiger partial charge on any atom is -0.356 e. The quantitative estimate of drug-likeness (QED) is 0.886. The normalized spacial score (nSPS) is 15.9. The summed E-state index contributed by atoms with van der Waals surface area (Å²) in [5.74, 6) is -0.641. The summed E-state index contributed by atoms with van der Waals surface area (Å²) in [6.07, 6.45) is 0.873. The lowest BCUT2D eigenvalue weighted by Crippen LogP contribution is -2.28. The van der Waals surface area contributed by atoms with E-state index >= 15 is 0 Å². The van der Waals surface area contributed by atoms with E-state index < -0.39 is 5.92 Å². The Labute approximate surface area is 139 Å². The molecule has 1 heterocycles. The summed E-state index contributed by atoms with van der Waals surface area (Å²) in [6, 6.07) is 15.0. The summed E-state index contributed by atoms with van der Waals surface area (Å²) in [5, 5.41) is 6.36. The van der Waals surface area contributed by atoms with Gasteiger partial charge < -0.3 is 10.6 Å². The third-order valence-corrected chi connectivity index (χ3v) is 4.16. The molecule has 0 radical (unpaired) electrons. The maximum atomic E-state index is 12.1. The monoisotopic (exact) mass is 328 g/mol. The predicted molar refractivity (Wildman–Crippen MR) is 90.6 cm³/mol. The number of carbonyl (C=O) groups excluding carboxylic acids is 2. The highest BCUT2D eigenvalue weighted by molar-refractivity contribution is 6.30. The number of amides is 2. The molecule has 5 heteroatoms. The highest BCUT2D eigenvalue weighted by Gasteiger charge is 2.31. The zero-order valence-electron chi connectivity index (χ0n) is 12.5. The highest BCUT2D eigenvalue weighted by Crippen LogP contribution is 2.34. The van der Waals surface area contributed by atoms with Gasteiger partial charge in [-0.1, -0.05) is 41.9 Å². The van der Waals surface area contributed by atoms with E-state index in [4.69, 9.17) is 11.6 Å². The molecule has 1 aliphatic rings. The van der Waals surface area contributed by atoms with Crippen LogP contribution in [0.3, 0.4) is 0 Å². The third-order valence-electron chi connectivity index (χ3n) is 3.92. The van der Waals surface area contributed by atoms with E-state index in [-0.39, 0.29) is 18.2 Å². The van der Waals surface area contributed by atoms with E-state index in [2.05, 4.69) is 10.6 Å². The zero-order chi connectivity index (χ0) is 16.2. The molecule has 0 aromatic heterocycles. The molecule has 0 fully saturated rings. The van der Waals surface area contributed by atoms with Crippen LogP contribution in [0.5, 0.6) is 0 Å². The second kappa shape index (κ2) is 6.84. The standard InChI is InChI=1S/C18H17ClN2O2/c19-13-5-3-4-12(10-13)8-9-20-17(22)11-15-14-6-1-2-7-16(14)21-18(15)23/h1-7,10,15H,8-9,11H2,(H,20,22)(H,21,23). The Morgan fingerprint density at radius 3 is 2.83 bits per heavy atom. The van der Waals surface area contributed by atoms with Gasteiger partial charge >= 0.3 is 0 Å². The molecule has 23 heavy (non-hydrogen) atoms. The van der Waals surface area contributed by atoms with Gasteiger partial charge in [0.05, 0.1) is 5.92 Å². The van der Waals surface area contributed by atoms with Crippen molar-refractivity contribution in [3.63, 3.8) is 0 Å². The summed E-state index contributed by atoms with van der Waals surface area (Å²) in [6.45, 7) is 0.523. The SMILES string of the molecule is O=C(CC1C(=O)Nc2ccccc21)NCCc1cccc(Cl)c1. The van der Waals surface area contributed by atoms with E-state index in [1.165, 1.54) is 0 Å². The molecular formula is C18H17ClN2O2. The number of hydrogen-bond donors (Lipinski definition) is 2. The van der Waals surface area contributed by atoms with Gasteiger partial charge in [0.25, 0.3) is 0 Å². The Balaban J connectivity index is 1.53. The summed E-state index contributed by atoms with van der Waals surface area (Å²) in [5.41, 5.74) is 2.76. The van der Waals surface area contributed by atoms with Crippen molar-refractivity contribution in [1.82, 2.24) is 5.32 Å². The largest absolute Gasteiger partial charge is 0.356 e. The molecule has 0 spiro atoms. The van der Waals surface area contributed by atoms with E-state index in [1.54, 1.807) is 0 Å². The first-order valence-corrected chi connectivity index (χ1v) is 7.92. The lowest BCUT2D eigenvalue weighted by molar-refractivity contribution is -0.125. The second-order valence-corrected chi connectivity index (χ2v) is 6.00. The van der Waals surface area contributed by atoms with Crippen LogP contribution in [0.25, 0.3) is 0 Å². The number of benzene rings is 2. The van der Waals surface area contributed by atoms with Crippen LogP contribution in [0.1, 0.15) is 23.5 Å². The maximum Gasteiger partial charge on any atom is 0.232 e. The lowest BCUT2D eigenvalue weighted by Gasteiger charge is -2.10. The molecule has 1 aliphatic heterocycles. The van der Waals surface area contributed by atoms with Crippen LogP contribution in [0.15, 0.2) is 48.5 Å². The van der Waals surface area contributed by atoms with Crippen molar-refractivity contribution >= 4 is 29.1 Å². The van der Waals surface area contributed by atoms with Gasteiger partial charge in [0, 0.05) is 23.7 Å². The van der Waals surface area contributed by atoms with Crippen LogP contribution in [0.4, 0.5) is 5.69 Å². The molecule has 118 valence electrons. The highest BCUT2D eigenvalue weighted by atomic mass is 35.5. The van der Waals surface area contributed by atoms with Crippen LogP contribution < -0.4 is 10.6 Å². The van der Waals surface area contributed by atoms with Crippen LogP contribution in [0, 0.1) is 0 Å². The number of carbonyl (C=O) groups is 2. The lowest BCUT2D eigenvalue weighted by atomic mass is 9.97. The minimum absolute atomic E-state index is 0.115. The fraction of sp³-hybridized carbons (Fsp3) is 0.222. The third kappa shape index (κ3) is 3.71. The Morgan fingerprint density at radius 2 is 2.00 bits per heavy atom. The fourth-order valence-corrected chi connectivity index (χ4v) is 2.99. The molecule has 2 N–H and O–H groups in total. The molecule has 2 aromatic rings. The van der Waals surface area contributed by atoms with Gasteiger partial charge in [0.15, 0.2) is 0 Å². The molecule has 4 nitrogen and oxygen atoms in total. The van der Waals surface area contributed by atoms with Crippen LogP contribution in [-0.2, 0) is 16.0 Å². The minimum atomic E-state index is -0.405. The van der Waals surface area contributed by atoms with Crippen LogP contribution in [0.2, 0.25) is 5.02 Å². The maximum absolute atomic E-state index is 12.1. The van der Waals surface area contributed by atoms with Crippen LogP contribution >= 0.6 is 11.6 Å². The number of nitrogens with one attached hydrogen (secondary N) is 2. The molecule has 1 unspecified atom stereocenters. The van der Waals surface area contributed by atoms with Gasteiger partial charge in [0.2, 0.25) is 11.8 Å². The number of rotatable bonds is 5. The number of para-hydroxylation sites is 1. The van der Waals surface area contributed by atoms with E-state index in [9.17, 15) is 9.59 Å². The van der Waals surface area contributed by atoms with Gasteiger partial charge in [-0.25, -0.2) is 0 Å². The summed E-state index contributed by atoms with van der Waals surface area (Å²) >= 11 is 5.93. The number of anilines is 1. The second-order valence-electron chi connectivity index (χ2n) is 5.56. The predicted octanol–water partition coefficient (Wildman–Crippen LogP) is 3.12. The number of fused-ring (bicyclic) bond motifs is 1. The van der Waals surface area contributed by atoms with Crippen molar-refractivity contribution in [1.29, 1.82) is 0 Å². The van der Waals surface area contributed by atoms with Crippen molar-refractivity contribution in [2.75, 3.05) is 11.9 Å². The van der Waals surface area contributed by atoms with Gasteiger partial charge in [0.1, 0.15) is 0 Å². The van der Waals surface area contributed by atoms with Crippen LogP contribution in [-0.4, -0.2) is 18.4 Å². The Kier molecular flexibility index (Phi) is 4.63. The van der Waals surface area contributed by atoms with Crippen molar-refractivity contribution in [3.8, 4) is 0 Å².